The molecule has 9 heteroatoms. The number of halogens is 3. The third kappa shape index (κ3) is 4.89. The van der Waals surface area contributed by atoms with Crippen LogP contribution in [-0.4, -0.2) is 20.2 Å². The number of carbonyl (C=O) groups excluding carboxylic acids is 1. The van der Waals surface area contributed by atoms with Crippen LogP contribution < -0.4 is 19.6 Å². The van der Waals surface area contributed by atoms with Crippen molar-refractivity contribution in [2.24, 2.45) is 0 Å². The van der Waals surface area contributed by atoms with Gasteiger partial charge in [-0.3, -0.25) is 4.79 Å². The molecular weight excluding hydrogens is 489 g/mol. The van der Waals surface area contributed by atoms with E-state index in [9.17, 15) is 22.8 Å². The molecule has 1 aromatic heterocycles. The zero-order valence-corrected chi connectivity index (χ0v) is 20.7. The minimum Gasteiger partial charge on any atom is -0.493 e. The maximum absolute atomic E-state index is 14.0. The summed E-state index contributed by atoms with van der Waals surface area (Å²) < 4.78 is 63.1. The quantitative estimate of drug-likeness (QED) is 0.220. The number of fused-ring (bicyclic) bond motifs is 1. The number of esters is 1. The molecule has 0 unspecified atom stereocenters. The van der Waals surface area contributed by atoms with E-state index in [1.807, 2.05) is 19.1 Å². The van der Waals surface area contributed by atoms with E-state index in [1.165, 1.54) is 44.6 Å². The van der Waals surface area contributed by atoms with Gasteiger partial charge in [0, 0.05) is 6.07 Å². The number of carbonyl (C=O) groups is 1. The Morgan fingerprint density at radius 2 is 1.51 bits per heavy atom. The van der Waals surface area contributed by atoms with Crippen LogP contribution in [0, 0.1) is 20.8 Å². The van der Waals surface area contributed by atoms with Gasteiger partial charge in [-0.25, -0.2) is 4.79 Å². The van der Waals surface area contributed by atoms with Gasteiger partial charge in [0.1, 0.15) is 11.3 Å². The molecule has 37 heavy (non-hydrogen) atoms. The SMILES string of the molecule is COc1ccc(-c2c(C(F)(F)F)oc3cc(OC(=O)c4c(C)cc(C)cc4C)ccc3c2=O)cc1OC. The van der Waals surface area contributed by atoms with Gasteiger partial charge in [0.2, 0.25) is 11.2 Å². The lowest BCUT2D eigenvalue weighted by Gasteiger charge is -2.15. The van der Waals surface area contributed by atoms with E-state index < -0.39 is 28.9 Å². The average Bonchev–Trinajstić information content (AvgIpc) is 2.82. The monoisotopic (exact) mass is 512 g/mol. The van der Waals surface area contributed by atoms with E-state index in [2.05, 4.69) is 0 Å². The molecule has 0 N–H and O–H groups in total. The fourth-order valence-corrected chi connectivity index (χ4v) is 4.35. The second kappa shape index (κ2) is 9.65. The summed E-state index contributed by atoms with van der Waals surface area (Å²) in [4.78, 5) is 26.1. The fourth-order valence-electron chi connectivity index (χ4n) is 4.35. The van der Waals surface area contributed by atoms with Crippen LogP contribution in [0.4, 0.5) is 13.2 Å². The van der Waals surface area contributed by atoms with Crippen molar-refractivity contribution in [3.8, 4) is 28.4 Å². The number of benzene rings is 3. The molecule has 0 aliphatic rings. The topological polar surface area (TPSA) is 75.0 Å². The molecule has 6 nitrogen and oxygen atoms in total. The number of methoxy groups -OCH3 is 2. The van der Waals surface area contributed by atoms with Crippen molar-refractivity contribution in [1.82, 2.24) is 0 Å². The van der Waals surface area contributed by atoms with Crippen LogP contribution in [0.3, 0.4) is 0 Å². The van der Waals surface area contributed by atoms with Crippen molar-refractivity contribution >= 4 is 16.9 Å². The highest BCUT2D eigenvalue weighted by atomic mass is 19.4. The molecule has 0 amide bonds. The standard InChI is InChI=1S/C28H23F3O6/c1-14-10-15(2)23(16(3)11-14)27(33)36-18-7-8-19-21(13-18)37-26(28(29,30)31)24(25(19)32)17-6-9-20(34-4)22(12-17)35-5/h6-13H,1-5H3. The van der Waals surface area contributed by atoms with Crippen LogP contribution in [0.25, 0.3) is 22.1 Å². The van der Waals surface area contributed by atoms with Gasteiger partial charge in [0.15, 0.2) is 11.5 Å². The van der Waals surface area contributed by atoms with E-state index in [0.29, 0.717) is 16.7 Å². The summed E-state index contributed by atoms with van der Waals surface area (Å²) >= 11 is 0. The molecule has 0 aliphatic heterocycles. The maximum Gasteiger partial charge on any atom is 0.450 e. The molecule has 0 saturated heterocycles. The van der Waals surface area contributed by atoms with Gasteiger partial charge in [-0.2, -0.15) is 13.2 Å². The summed E-state index contributed by atoms with van der Waals surface area (Å²) in [7, 11) is 2.71. The minimum atomic E-state index is -4.99. The Labute approximate surface area is 210 Å². The summed E-state index contributed by atoms with van der Waals surface area (Å²) in [5.74, 6) is -1.78. The second-order valence-corrected chi connectivity index (χ2v) is 8.52. The number of alkyl halides is 3. The van der Waals surface area contributed by atoms with Gasteiger partial charge in [0.05, 0.1) is 30.7 Å². The van der Waals surface area contributed by atoms with E-state index in [0.717, 1.165) is 11.6 Å². The number of hydrogen-bond acceptors (Lipinski definition) is 6. The summed E-state index contributed by atoms with van der Waals surface area (Å²) in [5.41, 5.74) is 0.740. The average molecular weight is 512 g/mol. The van der Waals surface area contributed by atoms with Crippen LogP contribution in [0.5, 0.6) is 17.2 Å². The fraction of sp³-hybridized carbons (Fsp3) is 0.214. The molecule has 192 valence electrons. The Morgan fingerprint density at radius 1 is 0.865 bits per heavy atom. The Kier molecular flexibility index (Phi) is 6.73. The van der Waals surface area contributed by atoms with Crippen molar-refractivity contribution in [2.45, 2.75) is 26.9 Å². The van der Waals surface area contributed by atoms with Gasteiger partial charge in [0.25, 0.3) is 0 Å². The normalized spacial score (nSPS) is 11.5. The number of aryl methyl sites for hydroxylation is 3. The van der Waals surface area contributed by atoms with Crippen molar-refractivity contribution in [3.63, 3.8) is 0 Å². The van der Waals surface area contributed by atoms with Gasteiger partial charge >= 0.3 is 12.1 Å². The number of rotatable bonds is 5. The van der Waals surface area contributed by atoms with Crippen molar-refractivity contribution in [2.75, 3.05) is 14.2 Å². The zero-order chi connectivity index (χ0) is 27.1. The molecule has 0 atom stereocenters. The lowest BCUT2D eigenvalue weighted by Crippen LogP contribution is -2.16. The molecule has 0 radical (unpaired) electrons. The van der Waals surface area contributed by atoms with Crippen LogP contribution in [0.2, 0.25) is 0 Å². The lowest BCUT2D eigenvalue weighted by molar-refractivity contribution is -0.152. The lowest BCUT2D eigenvalue weighted by atomic mass is 10.00. The van der Waals surface area contributed by atoms with Gasteiger partial charge in [-0.05, 0) is 61.7 Å². The third-order valence-electron chi connectivity index (χ3n) is 5.89. The van der Waals surface area contributed by atoms with Crippen molar-refractivity contribution in [3.05, 3.63) is 86.8 Å². The molecule has 0 saturated carbocycles. The summed E-state index contributed by atoms with van der Waals surface area (Å²) in [6, 6.07) is 11.3. The first-order chi connectivity index (χ1) is 17.4. The molecule has 0 aliphatic carbocycles. The first-order valence-corrected chi connectivity index (χ1v) is 11.1. The Hall–Kier alpha value is -4.27. The Morgan fingerprint density at radius 3 is 2.11 bits per heavy atom. The predicted molar refractivity (Wildman–Crippen MR) is 132 cm³/mol. The number of hydrogen-bond donors (Lipinski definition) is 0. The first-order valence-electron chi connectivity index (χ1n) is 11.1. The largest absolute Gasteiger partial charge is 0.493 e. The maximum atomic E-state index is 14.0. The summed E-state index contributed by atoms with van der Waals surface area (Å²) in [6.07, 6.45) is -4.99. The van der Waals surface area contributed by atoms with Crippen LogP contribution >= 0.6 is 0 Å². The highest BCUT2D eigenvalue weighted by Gasteiger charge is 2.39. The van der Waals surface area contributed by atoms with Crippen LogP contribution in [0.1, 0.15) is 32.8 Å². The highest BCUT2D eigenvalue weighted by Crippen LogP contribution is 2.40. The van der Waals surface area contributed by atoms with E-state index in [4.69, 9.17) is 18.6 Å². The zero-order valence-electron chi connectivity index (χ0n) is 20.7. The molecular formula is C28H23F3O6. The van der Waals surface area contributed by atoms with Crippen LogP contribution in [-0.2, 0) is 6.18 Å². The smallest absolute Gasteiger partial charge is 0.450 e. The molecule has 0 spiro atoms. The molecule has 0 bridgehead atoms. The van der Waals surface area contributed by atoms with E-state index >= 15 is 0 Å². The third-order valence-corrected chi connectivity index (χ3v) is 5.89. The summed E-state index contributed by atoms with van der Waals surface area (Å²) in [5, 5.41) is -0.111. The second-order valence-electron chi connectivity index (χ2n) is 8.52. The van der Waals surface area contributed by atoms with Crippen LogP contribution in [0.15, 0.2) is 57.7 Å². The molecule has 4 rings (SSSR count). The molecule has 0 fully saturated rings. The van der Waals surface area contributed by atoms with Crippen molar-refractivity contribution in [1.29, 1.82) is 0 Å². The molecule has 4 aromatic rings. The van der Waals surface area contributed by atoms with E-state index in [1.54, 1.807) is 13.8 Å². The van der Waals surface area contributed by atoms with Gasteiger partial charge in [-0.15, -0.1) is 0 Å². The predicted octanol–water partition coefficient (Wildman–Crippen LogP) is 6.64. The number of ether oxygens (including phenoxy) is 3. The Bertz CT molecular complexity index is 1560. The highest BCUT2D eigenvalue weighted by molar-refractivity contribution is 5.95. The van der Waals surface area contributed by atoms with E-state index in [-0.39, 0.29) is 33.8 Å². The van der Waals surface area contributed by atoms with Gasteiger partial charge in [-0.1, -0.05) is 23.8 Å². The van der Waals surface area contributed by atoms with Crippen molar-refractivity contribution < 1.29 is 36.6 Å². The Balaban J connectivity index is 1.84. The first kappa shape index (κ1) is 25.8. The molecule has 3 aromatic carbocycles. The van der Waals surface area contributed by atoms with Gasteiger partial charge < -0.3 is 18.6 Å². The molecule has 1 heterocycles. The minimum absolute atomic E-state index is 0.0542. The summed E-state index contributed by atoms with van der Waals surface area (Å²) in [6.45, 7) is 5.43.